The highest BCUT2D eigenvalue weighted by atomic mass is 32.1. The molecule has 1 aliphatic heterocycles. The van der Waals surface area contributed by atoms with E-state index in [1.54, 1.807) is 0 Å². The van der Waals surface area contributed by atoms with Gasteiger partial charge in [0.05, 0.1) is 6.61 Å². The first-order chi connectivity index (χ1) is 8.58. The maximum atomic E-state index is 12.0. The SMILES string of the molecule is CN(C)c1nc(N)c(C(=O)NCC2CCOC2)s1. The van der Waals surface area contributed by atoms with Gasteiger partial charge < -0.3 is 20.7 Å². The highest BCUT2D eigenvalue weighted by Gasteiger charge is 2.20. The predicted molar refractivity (Wildman–Crippen MR) is 72.1 cm³/mol. The number of hydrogen-bond donors (Lipinski definition) is 2. The Labute approximate surface area is 110 Å². The number of carbonyl (C=O) groups is 1. The van der Waals surface area contributed by atoms with Crippen molar-refractivity contribution in [2.45, 2.75) is 6.42 Å². The first kappa shape index (κ1) is 13.1. The van der Waals surface area contributed by atoms with Crippen LogP contribution in [-0.2, 0) is 4.74 Å². The molecule has 3 N–H and O–H groups in total. The molecule has 1 aliphatic rings. The molecule has 1 amide bonds. The molecule has 0 spiro atoms. The number of rotatable bonds is 4. The number of nitrogen functional groups attached to an aromatic ring is 1. The Bertz CT molecular complexity index is 427. The molecule has 0 aliphatic carbocycles. The molecule has 1 unspecified atom stereocenters. The first-order valence-corrected chi connectivity index (χ1v) is 6.69. The number of thiazole rings is 1. The zero-order valence-corrected chi connectivity index (χ0v) is 11.4. The monoisotopic (exact) mass is 270 g/mol. The van der Waals surface area contributed by atoms with E-state index in [1.807, 2.05) is 19.0 Å². The molecule has 18 heavy (non-hydrogen) atoms. The molecule has 100 valence electrons. The van der Waals surface area contributed by atoms with Gasteiger partial charge in [-0.05, 0) is 6.42 Å². The van der Waals surface area contributed by atoms with E-state index >= 15 is 0 Å². The van der Waals surface area contributed by atoms with Crippen LogP contribution < -0.4 is 16.0 Å². The minimum Gasteiger partial charge on any atom is -0.382 e. The van der Waals surface area contributed by atoms with Gasteiger partial charge in [0.15, 0.2) is 5.13 Å². The maximum absolute atomic E-state index is 12.0. The Morgan fingerprint density at radius 2 is 2.44 bits per heavy atom. The molecule has 1 aromatic rings. The third-order valence-electron chi connectivity index (χ3n) is 2.81. The summed E-state index contributed by atoms with van der Waals surface area (Å²) in [6, 6.07) is 0. The van der Waals surface area contributed by atoms with Gasteiger partial charge in [-0.2, -0.15) is 0 Å². The lowest BCUT2D eigenvalue weighted by Gasteiger charge is -2.08. The number of ether oxygens (including phenoxy) is 1. The van der Waals surface area contributed by atoms with Crippen LogP contribution in [0.2, 0.25) is 0 Å². The van der Waals surface area contributed by atoms with Gasteiger partial charge in [0.25, 0.3) is 5.91 Å². The lowest BCUT2D eigenvalue weighted by Crippen LogP contribution is -2.29. The quantitative estimate of drug-likeness (QED) is 0.835. The largest absolute Gasteiger partial charge is 0.382 e. The van der Waals surface area contributed by atoms with Gasteiger partial charge in [-0.15, -0.1) is 0 Å². The summed E-state index contributed by atoms with van der Waals surface area (Å²) in [5.74, 6) is 0.560. The highest BCUT2D eigenvalue weighted by molar-refractivity contribution is 7.18. The van der Waals surface area contributed by atoms with Gasteiger partial charge in [0, 0.05) is 33.2 Å². The standard InChI is InChI=1S/C11H18N4O2S/c1-15(2)11-14-9(12)8(18-11)10(16)13-5-7-3-4-17-6-7/h7H,3-6,12H2,1-2H3,(H,13,16). The fraction of sp³-hybridized carbons (Fsp3) is 0.636. The molecule has 2 rings (SSSR count). The number of hydrogen-bond acceptors (Lipinski definition) is 6. The van der Waals surface area contributed by atoms with Gasteiger partial charge in [-0.1, -0.05) is 11.3 Å². The fourth-order valence-electron chi connectivity index (χ4n) is 1.74. The molecular formula is C11H18N4O2S. The summed E-state index contributed by atoms with van der Waals surface area (Å²) in [6.07, 6.45) is 1.00. The number of anilines is 2. The van der Waals surface area contributed by atoms with Crippen LogP contribution in [0.3, 0.4) is 0 Å². The molecule has 1 saturated heterocycles. The van der Waals surface area contributed by atoms with Crippen molar-refractivity contribution < 1.29 is 9.53 Å². The van der Waals surface area contributed by atoms with Gasteiger partial charge >= 0.3 is 0 Å². The zero-order chi connectivity index (χ0) is 13.1. The summed E-state index contributed by atoms with van der Waals surface area (Å²) in [6.45, 7) is 2.14. The third-order valence-corrected chi connectivity index (χ3v) is 4.04. The molecule has 7 heteroatoms. The zero-order valence-electron chi connectivity index (χ0n) is 10.6. The minimum atomic E-state index is -0.148. The number of carbonyl (C=O) groups excluding carboxylic acids is 1. The van der Waals surface area contributed by atoms with Crippen LogP contribution in [0.5, 0.6) is 0 Å². The normalized spacial score (nSPS) is 18.9. The Balaban J connectivity index is 1.95. The molecule has 0 radical (unpaired) electrons. The summed E-state index contributed by atoms with van der Waals surface area (Å²) in [7, 11) is 3.74. The van der Waals surface area contributed by atoms with Gasteiger partial charge in [-0.25, -0.2) is 4.98 Å². The Kier molecular flexibility index (Phi) is 4.03. The molecular weight excluding hydrogens is 252 g/mol. The molecule has 0 aromatic carbocycles. The summed E-state index contributed by atoms with van der Waals surface area (Å²) in [5.41, 5.74) is 5.75. The summed E-state index contributed by atoms with van der Waals surface area (Å²) < 4.78 is 5.26. The van der Waals surface area contributed by atoms with Crippen molar-refractivity contribution in [2.24, 2.45) is 5.92 Å². The van der Waals surface area contributed by atoms with E-state index in [9.17, 15) is 4.79 Å². The minimum absolute atomic E-state index is 0.148. The Morgan fingerprint density at radius 3 is 3.00 bits per heavy atom. The van der Waals surface area contributed by atoms with E-state index in [0.717, 1.165) is 24.8 Å². The fourth-order valence-corrected chi connectivity index (χ4v) is 2.56. The van der Waals surface area contributed by atoms with Crippen molar-refractivity contribution in [3.8, 4) is 0 Å². The lowest BCUT2D eigenvalue weighted by atomic mass is 10.1. The van der Waals surface area contributed by atoms with Crippen LogP contribution in [-0.4, -0.2) is 44.7 Å². The molecule has 2 heterocycles. The van der Waals surface area contributed by atoms with Crippen LogP contribution in [0, 0.1) is 5.92 Å². The second-order valence-electron chi connectivity index (χ2n) is 4.54. The first-order valence-electron chi connectivity index (χ1n) is 5.87. The topological polar surface area (TPSA) is 80.5 Å². The number of nitrogens with two attached hydrogens (primary N) is 1. The molecule has 0 saturated carbocycles. The number of nitrogens with one attached hydrogen (secondary N) is 1. The number of amides is 1. The predicted octanol–water partition coefficient (Wildman–Crippen LogP) is 0.558. The average molecular weight is 270 g/mol. The summed E-state index contributed by atoms with van der Waals surface area (Å²) in [5, 5.41) is 3.62. The van der Waals surface area contributed by atoms with Crippen molar-refractivity contribution in [2.75, 3.05) is 44.5 Å². The van der Waals surface area contributed by atoms with Crippen molar-refractivity contribution in [1.29, 1.82) is 0 Å². The molecule has 6 nitrogen and oxygen atoms in total. The van der Waals surface area contributed by atoms with E-state index in [4.69, 9.17) is 10.5 Å². The van der Waals surface area contributed by atoms with Crippen molar-refractivity contribution in [1.82, 2.24) is 10.3 Å². The lowest BCUT2D eigenvalue weighted by molar-refractivity contribution is 0.0949. The van der Waals surface area contributed by atoms with Crippen LogP contribution in [0.1, 0.15) is 16.1 Å². The second kappa shape index (κ2) is 5.53. The Hall–Kier alpha value is -1.34. The average Bonchev–Trinajstić information content (AvgIpc) is 2.94. The van der Waals surface area contributed by atoms with E-state index in [2.05, 4.69) is 10.3 Å². The number of nitrogens with zero attached hydrogens (tertiary/aromatic N) is 2. The van der Waals surface area contributed by atoms with Crippen molar-refractivity contribution >= 4 is 28.2 Å². The highest BCUT2D eigenvalue weighted by Crippen LogP contribution is 2.26. The molecule has 1 aromatic heterocycles. The van der Waals surface area contributed by atoms with Gasteiger partial charge in [0.2, 0.25) is 0 Å². The third kappa shape index (κ3) is 2.91. The molecule has 1 atom stereocenters. The molecule has 0 bridgehead atoms. The van der Waals surface area contributed by atoms with Crippen molar-refractivity contribution in [3.63, 3.8) is 0 Å². The summed E-state index contributed by atoms with van der Waals surface area (Å²) >= 11 is 1.30. The van der Waals surface area contributed by atoms with E-state index in [-0.39, 0.29) is 5.91 Å². The summed E-state index contributed by atoms with van der Waals surface area (Å²) in [4.78, 5) is 18.4. The van der Waals surface area contributed by atoms with Gasteiger partial charge in [0.1, 0.15) is 10.7 Å². The van der Waals surface area contributed by atoms with Crippen LogP contribution >= 0.6 is 11.3 Å². The van der Waals surface area contributed by atoms with E-state index in [0.29, 0.717) is 23.2 Å². The molecule has 1 fully saturated rings. The number of aromatic nitrogens is 1. The van der Waals surface area contributed by atoms with E-state index < -0.39 is 0 Å². The van der Waals surface area contributed by atoms with Crippen LogP contribution in [0.4, 0.5) is 10.9 Å². The van der Waals surface area contributed by atoms with Gasteiger partial charge in [-0.3, -0.25) is 4.79 Å². The van der Waals surface area contributed by atoms with E-state index in [1.165, 1.54) is 11.3 Å². The van der Waals surface area contributed by atoms with Crippen molar-refractivity contribution in [3.05, 3.63) is 4.88 Å². The van der Waals surface area contributed by atoms with Crippen LogP contribution in [0.25, 0.3) is 0 Å². The van der Waals surface area contributed by atoms with Crippen LogP contribution in [0.15, 0.2) is 0 Å². The Morgan fingerprint density at radius 1 is 1.67 bits per heavy atom. The second-order valence-corrected chi connectivity index (χ2v) is 5.52. The smallest absolute Gasteiger partial charge is 0.265 e. The maximum Gasteiger partial charge on any atom is 0.265 e.